The highest BCUT2D eigenvalue weighted by molar-refractivity contribution is 6.62. The monoisotopic (exact) mass is 351 g/mol. The lowest BCUT2D eigenvalue weighted by atomic mass is 9.78. The molecule has 0 saturated carbocycles. The molecule has 0 aliphatic carbocycles. The van der Waals surface area contributed by atoms with Crippen molar-refractivity contribution in [2.45, 2.75) is 71.8 Å². The fraction of sp³-hybridized carbons (Fsp3) is 0.611. The molecule has 1 N–H and O–H groups in total. The summed E-state index contributed by atoms with van der Waals surface area (Å²) in [5.74, 6) is -0.429. The van der Waals surface area contributed by atoms with Gasteiger partial charge in [0.05, 0.1) is 11.2 Å². The van der Waals surface area contributed by atoms with Gasteiger partial charge in [-0.3, -0.25) is 0 Å². The highest BCUT2D eigenvalue weighted by Gasteiger charge is 2.52. The molecule has 7 heteroatoms. The second-order valence-electron chi connectivity index (χ2n) is 8.30. The molecule has 0 bridgehead atoms. The average molecular weight is 351 g/mol. The van der Waals surface area contributed by atoms with Crippen LogP contribution in [0.15, 0.2) is 18.2 Å². The van der Waals surface area contributed by atoms with Crippen molar-refractivity contribution in [3.05, 3.63) is 29.6 Å². The van der Waals surface area contributed by atoms with Crippen molar-refractivity contribution in [1.29, 1.82) is 0 Å². The van der Waals surface area contributed by atoms with Crippen LogP contribution >= 0.6 is 0 Å². The molecule has 0 spiro atoms. The topological polar surface area (TPSA) is 56.8 Å². The molecular formula is C18H27BFNO4. The number of halogens is 1. The minimum atomic E-state index is -0.752. The lowest BCUT2D eigenvalue weighted by Crippen LogP contribution is -2.41. The molecule has 1 heterocycles. The van der Waals surface area contributed by atoms with Gasteiger partial charge in [-0.15, -0.1) is 0 Å². The first-order chi connectivity index (χ1) is 11.3. The van der Waals surface area contributed by atoms with Crippen LogP contribution < -0.4 is 10.8 Å². The Bertz CT molecular complexity index is 639. The Kier molecular flexibility index (Phi) is 5.22. The van der Waals surface area contributed by atoms with Crippen molar-refractivity contribution in [3.8, 4) is 0 Å². The van der Waals surface area contributed by atoms with Crippen LogP contribution in [0.5, 0.6) is 0 Å². The SMILES string of the molecule is CC(C)(C)OC(=O)NCc1ccc(B2OC(C)(C)C(C)(C)O2)c(F)c1. The van der Waals surface area contributed by atoms with Crippen LogP contribution in [0.3, 0.4) is 0 Å². The van der Waals surface area contributed by atoms with E-state index in [4.69, 9.17) is 14.0 Å². The maximum Gasteiger partial charge on any atom is 0.497 e. The summed E-state index contributed by atoms with van der Waals surface area (Å²) in [6, 6.07) is 4.74. The Morgan fingerprint density at radius 3 is 2.24 bits per heavy atom. The first-order valence-electron chi connectivity index (χ1n) is 8.41. The van der Waals surface area contributed by atoms with Crippen LogP contribution in [0.1, 0.15) is 54.0 Å². The molecule has 1 aromatic carbocycles. The number of hydrogen-bond donors (Lipinski definition) is 1. The Labute approximate surface area is 149 Å². The smallest absolute Gasteiger partial charge is 0.444 e. The van der Waals surface area contributed by atoms with Gasteiger partial charge in [0.1, 0.15) is 11.4 Å². The van der Waals surface area contributed by atoms with Gasteiger partial charge in [0.25, 0.3) is 0 Å². The second-order valence-corrected chi connectivity index (χ2v) is 8.30. The summed E-state index contributed by atoms with van der Waals surface area (Å²) in [6.07, 6.45) is -0.539. The molecule has 0 unspecified atom stereocenters. The van der Waals surface area contributed by atoms with Crippen LogP contribution in [0.2, 0.25) is 0 Å². The van der Waals surface area contributed by atoms with Gasteiger partial charge in [-0.25, -0.2) is 9.18 Å². The number of carbonyl (C=O) groups is 1. The van der Waals surface area contributed by atoms with Crippen LogP contribution in [-0.4, -0.2) is 30.0 Å². The maximum atomic E-state index is 14.5. The first kappa shape index (κ1) is 19.7. The molecule has 0 radical (unpaired) electrons. The molecule has 25 heavy (non-hydrogen) atoms. The lowest BCUT2D eigenvalue weighted by Gasteiger charge is -2.32. The van der Waals surface area contributed by atoms with Crippen molar-refractivity contribution in [3.63, 3.8) is 0 Å². The van der Waals surface area contributed by atoms with Gasteiger partial charge in [-0.05, 0) is 60.1 Å². The van der Waals surface area contributed by atoms with Crippen molar-refractivity contribution in [1.82, 2.24) is 5.32 Å². The normalized spacial score (nSPS) is 19.0. The fourth-order valence-corrected chi connectivity index (χ4v) is 2.33. The number of ether oxygens (including phenoxy) is 1. The number of carbonyl (C=O) groups excluding carboxylic acids is 1. The third kappa shape index (κ3) is 4.73. The van der Waals surface area contributed by atoms with Crippen LogP contribution in [0.4, 0.5) is 9.18 Å². The molecule has 1 aliphatic rings. The van der Waals surface area contributed by atoms with E-state index in [0.29, 0.717) is 11.0 Å². The van der Waals surface area contributed by atoms with E-state index in [1.165, 1.54) is 6.07 Å². The molecule has 1 aliphatic heterocycles. The number of amides is 1. The maximum absolute atomic E-state index is 14.5. The van der Waals surface area contributed by atoms with Crippen LogP contribution in [-0.2, 0) is 20.6 Å². The largest absolute Gasteiger partial charge is 0.497 e. The highest BCUT2D eigenvalue weighted by atomic mass is 19.1. The zero-order valence-electron chi connectivity index (χ0n) is 16.0. The van der Waals surface area contributed by atoms with Crippen molar-refractivity contribution < 1.29 is 23.2 Å². The Hall–Kier alpha value is -1.60. The van der Waals surface area contributed by atoms with Crippen molar-refractivity contribution >= 4 is 18.7 Å². The van der Waals surface area contributed by atoms with E-state index in [1.807, 2.05) is 27.7 Å². The van der Waals surface area contributed by atoms with E-state index in [2.05, 4.69) is 5.32 Å². The quantitative estimate of drug-likeness (QED) is 0.850. The van der Waals surface area contributed by atoms with E-state index in [-0.39, 0.29) is 6.54 Å². The molecule has 2 rings (SSSR count). The number of hydrogen-bond acceptors (Lipinski definition) is 4. The third-order valence-electron chi connectivity index (χ3n) is 4.41. The molecule has 1 aromatic rings. The number of rotatable bonds is 3. The molecule has 0 aromatic heterocycles. The van der Waals surface area contributed by atoms with Gasteiger partial charge in [0.2, 0.25) is 0 Å². The molecule has 0 atom stereocenters. The van der Waals surface area contributed by atoms with E-state index in [0.717, 1.165) is 0 Å². The van der Waals surface area contributed by atoms with Crippen LogP contribution in [0.25, 0.3) is 0 Å². The summed E-state index contributed by atoms with van der Waals surface area (Å²) >= 11 is 0. The van der Waals surface area contributed by atoms with E-state index >= 15 is 0 Å². The summed E-state index contributed by atoms with van der Waals surface area (Å²) in [6.45, 7) is 13.2. The minimum absolute atomic E-state index is 0.176. The predicted molar refractivity (Wildman–Crippen MR) is 95.2 cm³/mol. The summed E-state index contributed by atoms with van der Waals surface area (Å²) in [5.41, 5.74) is -0.652. The number of nitrogens with one attached hydrogen (secondary N) is 1. The summed E-state index contributed by atoms with van der Waals surface area (Å²) in [7, 11) is -0.752. The zero-order chi connectivity index (χ0) is 19.0. The summed E-state index contributed by atoms with van der Waals surface area (Å²) in [5, 5.41) is 2.61. The van der Waals surface area contributed by atoms with Crippen molar-refractivity contribution in [2.24, 2.45) is 0 Å². The first-order valence-corrected chi connectivity index (χ1v) is 8.41. The van der Waals surface area contributed by atoms with Gasteiger partial charge in [-0.2, -0.15) is 0 Å². The van der Waals surface area contributed by atoms with Gasteiger partial charge >= 0.3 is 13.2 Å². The average Bonchev–Trinajstić information content (AvgIpc) is 2.63. The van der Waals surface area contributed by atoms with E-state index < -0.39 is 35.8 Å². The second kappa shape index (κ2) is 6.61. The lowest BCUT2D eigenvalue weighted by molar-refractivity contribution is 0.00578. The molecule has 1 amide bonds. The van der Waals surface area contributed by atoms with Crippen molar-refractivity contribution in [2.75, 3.05) is 0 Å². The van der Waals surface area contributed by atoms with E-state index in [9.17, 15) is 9.18 Å². The highest BCUT2D eigenvalue weighted by Crippen LogP contribution is 2.36. The van der Waals surface area contributed by atoms with Crippen LogP contribution in [0, 0.1) is 5.82 Å². The van der Waals surface area contributed by atoms with Gasteiger partial charge in [0, 0.05) is 12.0 Å². The molecular weight excluding hydrogens is 324 g/mol. The molecule has 138 valence electrons. The van der Waals surface area contributed by atoms with Gasteiger partial charge in [-0.1, -0.05) is 12.1 Å². The Balaban J connectivity index is 2.03. The number of alkyl carbamates (subject to hydrolysis) is 1. The Morgan fingerprint density at radius 1 is 1.20 bits per heavy atom. The Morgan fingerprint density at radius 2 is 1.76 bits per heavy atom. The zero-order valence-corrected chi connectivity index (χ0v) is 16.0. The third-order valence-corrected chi connectivity index (χ3v) is 4.41. The van der Waals surface area contributed by atoms with Gasteiger partial charge < -0.3 is 19.4 Å². The summed E-state index contributed by atoms with van der Waals surface area (Å²) in [4.78, 5) is 11.7. The van der Waals surface area contributed by atoms with E-state index in [1.54, 1.807) is 32.9 Å². The number of benzene rings is 1. The minimum Gasteiger partial charge on any atom is -0.444 e. The van der Waals surface area contributed by atoms with Gasteiger partial charge in [0.15, 0.2) is 0 Å². The molecule has 5 nitrogen and oxygen atoms in total. The molecule has 1 fully saturated rings. The predicted octanol–water partition coefficient (Wildman–Crippen LogP) is 3.15. The standard InChI is InChI=1S/C18H27BFNO4/c1-16(2,3)23-15(22)21-11-12-8-9-13(14(20)10-12)19-24-17(4,5)18(6,7)25-19/h8-10H,11H2,1-7H3,(H,21,22). The summed E-state index contributed by atoms with van der Waals surface area (Å²) < 4.78 is 31.4. The molecule has 1 saturated heterocycles. The fourth-order valence-electron chi connectivity index (χ4n) is 2.33.